The molecule has 0 saturated heterocycles. The molecule has 0 spiro atoms. The molecule has 7 heteroatoms. The molecule has 15 heavy (non-hydrogen) atoms. The number of hydrogen-bond donors (Lipinski definition) is 2. The van der Waals surface area contributed by atoms with Gasteiger partial charge in [0.15, 0.2) is 0 Å². The maximum Gasteiger partial charge on any atom is 0.277 e. The molecular weight excluding hydrogens is 216 g/mol. The lowest BCUT2D eigenvalue weighted by molar-refractivity contribution is 0.0947. The van der Waals surface area contributed by atoms with Gasteiger partial charge in [-0.3, -0.25) is 4.79 Å². The fourth-order valence-corrected chi connectivity index (χ4v) is 1.31. The van der Waals surface area contributed by atoms with E-state index < -0.39 is 5.91 Å². The number of aromatic nitrogens is 2. The van der Waals surface area contributed by atoms with Gasteiger partial charge in [0.2, 0.25) is 11.5 Å². The van der Waals surface area contributed by atoms with Crippen LogP contribution in [0.3, 0.4) is 0 Å². The molecule has 1 amide bonds. The molecule has 0 radical (unpaired) electrons. The lowest BCUT2D eigenvalue weighted by Crippen LogP contribution is -2.26. The molecule has 0 aromatic carbocycles. The predicted octanol–water partition coefficient (Wildman–Crippen LogP) is -0.252. The minimum absolute atomic E-state index is 0.0104. The Morgan fingerprint density at radius 2 is 2.47 bits per heavy atom. The van der Waals surface area contributed by atoms with Gasteiger partial charge in [-0.15, -0.1) is 18.2 Å². The van der Waals surface area contributed by atoms with Crippen LogP contribution >= 0.6 is 11.8 Å². The molecule has 1 aromatic heterocycles. The first-order chi connectivity index (χ1) is 7.25. The van der Waals surface area contributed by atoms with Gasteiger partial charge in [-0.1, -0.05) is 5.92 Å². The Bertz CT molecular complexity index is 371. The normalized spacial score (nSPS) is 9.53. The van der Waals surface area contributed by atoms with Crippen molar-refractivity contribution >= 4 is 23.5 Å². The number of carbonyl (C=O) groups is 1. The number of nitrogen functional groups attached to an aromatic ring is 1. The fourth-order valence-electron chi connectivity index (χ4n) is 0.805. The maximum absolute atomic E-state index is 11.4. The van der Waals surface area contributed by atoms with Gasteiger partial charge < -0.3 is 11.1 Å². The summed E-state index contributed by atoms with van der Waals surface area (Å²) >= 11 is 1.56. The average molecular weight is 226 g/mol. The van der Waals surface area contributed by atoms with Crippen LogP contribution in [0.1, 0.15) is 10.5 Å². The van der Waals surface area contributed by atoms with E-state index in [1.165, 1.54) is 0 Å². The van der Waals surface area contributed by atoms with Crippen molar-refractivity contribution in [3.05, 3.63) is 5.69 Å². The zero-order chi connectivity index (χ0) is 11.1. The molecule has 3 N–H and O–H groups in total. The van der Waals surface area contributed by atoms with E-state index >= 15 is 0 Å². The van der Waals surface area contributed by atoms with Gasteiger partial charge in [-0.2, -0.15) is 0 Å². The maximum atomic E-state index is 11.4. The van der Waals surface area contributed by atoms with Crippen molar-refractivity contribution in [2.45, 2.75) is 0 Å². The van der Waals surface area contributed by atoms with Gasteiger partial charge in [0, 0.05) is 12.3 Å². The van der Waals surface area contributed by atoms with Gasteiger partial charge in [-0.05, 0) is 10.3 Å². The molecule has 0 aliphatic carbocycles. The highest BCUT2D eigenvalue weighted by molar-refractivity contribution is 7.99. The van der Waals surface area contributed by atoms with Crippen LogP contribution < -0.4 is 11.1 Å². The number of nitrogens with one attached hydrogen (secondary N) is 1. The molecule has 0 aliphatic heterocycles. The molecule has 0 saturated carbocycles. The Morgan fingerprint density at radius 3 is 3.07 bits per heavy atom. The quantitative estimate of drug-likeness (QED) is 0.531. The Morgan fingerprint density at radius 1 is 1.67 bits per heavy atom. The standard InChI is InChI=1S/C8H10N4O2S/c1-2-4-15-5-3-10-8(13)6-7(9)12-14-11-6/h1H,3-5H2,(H2,9,12)(H,10,13). The molecule has 0 fully saturated rings. The molecule has 0 unspecified atom stereocenters. The van der Waals surface area contributed by atoms with Crippen LogP contribution in [-0.4, -0.2) is 34.3 Å². The number of amides is 1. The molecule has 1 heterocycles. The summed E-state index contributed by atoms with van der Waals surface area (Å²) in [4.78, 5) is 11.4. The molecular formula is C8H10N4O2S. The smallest absolute Gasteiger partial charge is 0.277 e. The zero-order valence-electron chi connectivity index (χ0n) is 7.90. The molecule has 0 aliphatic rings. The van der Waals surface area contributed by atoms with Gasteiger partial charge in [0.1, 0.15) is 0 Å². The first-order valence-corrected chi connectivity index (χ1v) is 5.28. The largest absolute Gasteiger partial charge is 0.379 e. The van der Waals surface area contributed by atoms with Crippen molar-refractivity contribution in [2.75, 3.05) is 23.8 Å². The van der Waals surface area contributed by atoms with Crippen molar-refractivity contribution in [3.8, 4) is 12.3 Å². The van der Waals surface area contributed by atoms with Gasteiger partial charge in [-0.25, -0.2) is 4.63 Å². The summed E-state index contributed by atoms with van der Waals surface area (Å²) in [5, 5.41) is 9.28. The van der Waals surface area contributed by atoms with Crippen molar-refractivity contribution in [1.82, 2.24) is 15.6 Å². The summed E-state index contributed by atoms with van der Waals surface area (Å²) in [6.45, 7) is 0.498. The molecule has 80 valence electrons. The second-order valence-electron chi connectivity index (χ2n) is 2.51. The van der Waals surface area contributed by atoms with E-state index in [4.69, 9.17) is 12.2 Å². The van der Waals surface area contributed by atoms with Gasteiger partial charge >= 0.3 is 0 Å². The van der Waals surface area contributed by atoms with E-state index in [2.05, 4.69) is 26.2 Å². The number of nitrogens with two attached hydrogens (primary N) is 1. The van der Waals surface area contributed by atoms with Crippen molar-refractivity contribution in [1.29, 1.82) is 0 Å². The summed E-state index contributed by atoms with van der Waals surface area (Å²) in [7, 11) is 0. The predicted molar refractivity (Wildman–Crippen MR) is 57.2 cm³/mol. The first kappa shape index (κ1) is 11.4. The van der Waals surface area contributed by atoms with E-state index in [1.807, 2.05) is 0 Å². The summed E-state index contributed by atoms with van der Waals surface area (Å²) < 4.78 is 4.29. The number of nitrogens with zero attached hydrogens (tertiary/aromatic N) is 2. The first-order valence-electron chi connectivity index (χ1n) is 4.13. The van der Waals surface area contributed by atoms with Gasteiger partial charge in [0.05, 0.1) is 5.75 Å². The lowest BCUT2D eigenvalue weighted by Gasteiger charge is -2.00. The van der Waals surface area contributed by atoms with Crippen LogP contribution in [0.5, 0.6) is 0 Å². The SMILES string of the molecule is C#CCSCCNC(=O)c1nonc1N. The highest BCUT2D eigenvalue weighted by Gasteiger charge is 2.14. The third kappa shape index (κ3) is 3.52. The molecule has 0 bridgehead atoms. The summed E-state index contributed by atoms with van der Waals surface area (Å²) in [6.07, 6.45) is 5.06. The van der Waals surface area contributed by atoms with Crippen molar-refractivity contribution < 1.29 is 9.42 Å². The van der Waals surface area contributed by atoms with Gasteiger partial charge in [0.25, 0.3) is 5.91 Å². The Kier molecular flexibility index (Phi) is 4.50. The topological polar surface area (TPSA) is 94.0 Å². The molecule has 0 atom stereocenters. The highest BCUT2D eigenvalue weighted by Crippen LogP contribution is 2.03. The molecule has 1 aromatic rings. The summed E-state index contributed by atoms with van der Waals surface area (Å²) in [6, 6.07) is 0. The second-order valence-corrected chi connectivity index (χ2v) is 3.62. The Labute approximate surface area is 90.9 Å². The molecule has 1 rings (SSSR count). The second kappa shape index (κ2) is 5.93. The van der Waals surface area contributed by atoms with E-state index in [0.29, 0.717) is 12.3 Å². The van der Waals surface area contributed by atoms with Crippen molar-refractivity contribution in [3.63, 3.8) is 0 Å². The number of hydrogen-bond acceptors (Lipinski definition) is 6. The number of terminal acetylenes is 1. The van der Waals surface area contributed by atoms with Crippen LogP contribution in [0, 0.1) is 12.3 Å². The third-order valence-electron chi connectivity index (χ3n) is 1.45. The minimum atomic E-state index is -0.393. The summed E-state index contributed by atoms with van der Waals surface area (Å²) in [5.41, 5.74) is 5.34. The molecule has 6 nitrogen and oxygen atoms in total. The number of thioether (sulfide) groups is 1. The third-order valence-corrected chi connectivity index (χ3v) is 2.31. The number of anilines is 1. The van der Waals surface area contributed by atoms with Crippen LogP contribution in [-0.2, 0) is 0 Å². The van der Waals surface area contributed by atoms with E-state index in [-0.39, 0.29) is 11.5 Å². The average Bonchev–Trinajstić information content (AvgIpc) is 2.64. The number of rotatable bonds is 5. The van der Waals surface area contributed by atoms with E-state index in [9.17, 15) is 4.79 Å². The highest BCUT2D eigenvalue weighted by atomic mass is 32.2. The zero-order valence-corrected chi connectivity index (χ0v) is 8.71. The Hall–Kier alpha value is -1.68. The number of carbonyl (C=O) groups excluding carboxylic acids is 1. The Balaban J connectivity index is 2.26. The lowest BCUT2D eigenvalue weighted by atomic mass is 10.4. The van der Waals surface area contributed by atoms with Crippen molar-refractivity contribution in [2.24, 2.45) is 0 Å². The van der Waals surface area contributed by atoms with Crippen LogP contribution in [0.25, 0.3) is 0 Å². The minimum Gasteiger partial charge on any atom is -0.379 e. The van der Waals surface area contributed by atoms with E-state index in [0.717, 1.165) is 5.75 Å². The van der Waals surface area contributed by atoms with Crippen LogP contribution in [0.2, 0.25) is 0 Å². The van der Waals surface area contributed by atoms with E-state index in [1.54, 1.807) is 11.8 Å². The monoisotopic (exact) mass is 226 g/mol. The van der Waals surface area contributed by atoms with Crippen LogP contribution in [0.4, 0.5) is 5.82 Å². The summed E-state index contributed by atoms with van der Waals surface area (Å²) in [5.74, 6) is 3.45. The fraction of sp³-hybridized carbons (Fsp3) is 0.375. The van der Waals surface area contributed by atoms with Crippen LogP contribution in [0.15, 0.2) is 4.63 Å².